The van der Waals surface area contributed by atoms with Gasteiger partial charge in [0.15, 0.2) is 70.1 Å². The molecule has 19 nitrogen and oxygen atoms in total. The molecule has 21 heteroatoms. The molecule has 4 saturated heterocycles. The molecule has 9 fully saturated rings. The standard InChI is InChI=1S/C40H43N3O6.C25H25NO4.C24H32Cl2N2O3/c44-25-7-5-21-13-27-39(46)15-23-24-16-40(47)28-14-22-6-8-26(45)34-30(22)38(40,10-12-43(28)18-20-3-4-20)36(49-34)32(24)41-31(23)35-37(39,29(21)33(25)48-35)9-11-42(27)17-19-1-2-19;1-26-9-8-24-19-14-6-7-17(27)20(19)30-22(24)21(28)23(13-25(24,29)18(26)10-14)11-15-4-2-3-5-16(15)12-23;25-8-11-27(12-9-26)17-5-6-24(30)19-13-16-3-4-18(29)21-20(16)23(24,22(17)31-21)7-10-28(19)14-15-1-2-15/h5-8,19-20,27-28,35-36,41,44-47H,1-4,9-18H2;2-7,18,22,27,29H,8-13H2,1H3;3-4,15,17,19,22,29-30H,1-2,5-14H2/t27-,28-,35+,36?,37+,38+,39-,40-;18-,22?,24+,25-;17-,19-,22?,23+,24-/m111/s1. The zero-order valence-corrected chi connectivity index (χ0v) is 64.1. The molecule has 0 amide bonds. The minimum absolute atomic E-state index is 0.0535. The maximum Gasteiger partial charge on any atom is 0.181 e. The van der Waals surface area contributed by atoms with Crippen LogP contribution in [0.4, 0.5) is 0 Å². The Kier molecular flexibility index (Phi) is 14.0. The fraction of sp³-hybridized carbons (Fsp3) is 0.607. The van der Waals surface area contributed by atoms with Gasteiger partial charge in [0, 0.05) is 115 Å². The SMILES string of the molecule is CN1CC[C@]23c4c5ccc(O)c4OC2C(=O)C2(Cc4ccccc4C2)C[C@@]3(O)[C@H]1C5.Oc1ccc2c3c1OC1[C@H](N(CCCl)CCCl)CC[C@@]4(O)[C@@H](C2)N(CC2CC2)CC[C@]314.Oc1ccc2c3c1OC1c4[nH]c5c(c4C[C@@]4(O)[C@@H](C2)N(CC2CC2)CC[C@]314)C[C@@]1(O)[C@H]2Cc3ccc(O)c4c3[C@@]1(CCN2CC1CC1)[C@H]5O4. The van der Waals surface area contributed by atoms with Gasteiger partial charge < -0.3 is 69.7 Å². The molecule has 5 aromatic carbocycles. The number of likely N-dealkylation sites (N-methyl/N-ethyl adjacent to an activating group) is 1. The normalized spacial score (nSPS) is 39.3. The van der Waals surface area contributed by atoms with Gasteiger partial charge in [0.25, 0.3) is 0 Å². The molecule has 20 aliphatic rings. The summed E-state index contributed by atoms with van der Waals surface area (Å²) in [5, 5.41) is 95.8. The summed E-state index contributed by atoms with van der Waals surface area (Å²) in [7, 11) is 2.08. The number of likely N-dealkylation sites (tertiary alicyclic amines) is 4. The van der Waals surface area contributed by atoms with Crippen molar-refractivity contribution in [2.45, 2.75) is 234 Å². The molecule has 0 radical (unpaired) electrons. The fourth-order valence-electron chi connectivity index (χ4n) is 28.6. The van der Waals surface area contributed by atoms with Crippen molar-refractivity contribution in [3.8, 4) is 46.0 Å². The van der Waals surface area contributed by atoms with Crippen LogP contribution in [0.25, 0.3) is 0 Å². The minimum Gasteiger partial charge on any atom is -0.504 e. The van der Waals surface area contributed by atoms with E-state index >= 15 is 0 Å². The molecule has 26 rings (SSSR count). The van der Waals surface area contributed by atoms with E-state index in [0.717, 1.165) is 167 Å². The van der Waals surface area contributed by atoms with Gasteiger partial charge in [0.2, 0.25) is 0 Å². The average molecular weight is 1530 g/mol. The second-order valence-electron chi connectivity index (χ2n) is 38.3. The summed E-state index contributed by atoms with van der Waals surface area (Å²) < 4.78 is 26.8. The lowest BCUT2D eigenvalue weighted by molar-refractivity contribution is -0.206. The molecular formula is C89H100Cl2N6O13. The summed E-state index contributed by atoms with van der Waals surface area (Å²) in [6.45, 7) is 8.23. The Hall–Kier alpha value is -6.33. The summed E-state index contributed by atoms with van der Waals surface area (Å²) in [6.07, 6.45) is 16.2. The maximum absolute atomic E-state index is 14.1. The zero-order chi connectivity index (χ0) is 74.2. The van der Waals surface area contributed by atoms with Crippen LogP contribution in [-0.2, 0) is 77.8 Å². The number of benzene rings is 5. The van der Waals surface area contributed by atoms with Crippen LogP contribution in [0, 0.1) is 23.2 Å². The molecular weight excluding hydrogens is 1430 g/mol. The molecule has 17 atom stereocenters. The summed E-state index contributed by atoms with van der Waals surface area (Å²) >= 11 is 12.3. The van der Waals surface area contributed by atoms with E-state index in [2.05, 4.69) is 66.9 Å². The van der Waals surface area contributed by atoms with Crippen molar-refractivity contribution < 1.29 is 64.6 Å². The number of H-pyrrole nitrogens is 1. The van der Waals surface area contributed by atoms with Gasteiger partial charge in [-0.15, -0.1) is 23.2 Å². The van der Waals surface area contributed by atoms with Crippen LogP contribution in [0.3, 0.4) is 0 Å². The number of alkyl halides is 2. The second-order valence-corrected chi connectivity index (χ2v) is 39.1. The third-order valence-electron chi connectivity index (χ3n) is 33.7. The maximum atomic E-state index is 14.1. The number of ketones is 1. The van der Waals surface area contributed by atoms with E-state index in [1.165, 1.54) is 66.3 Å². The average Bonchev–Trinajstić information content (AvgIpc) is 1.46. The first kappa shape index (κ1) is 68.1. The number of phenols is 4. The van der Waals surface area contributed by atoms with Crippen molar-refractivity contribution in [2.24, 2.45) is 23.2 Å². The van der Waals surface area contributed by atoms with Crippen molar-refractivity contribution >= 4 is 29.0 Å². The van der Waals surface area contributed by atoms with Crippen LogP contribution in [-0.4, -0.2) is 219 Å². The van der Waals surface area contributed by atoms with Crippen LogP contribution in [0.5, 0.6) is 46.0 Å². The van der Waals surface area contributed by atoms with E-state index in [0.29, 0.717) is 91.5 Å². The molecule has 110 heavy (non-hydrogen) atoms. The highest BCUT2D eigenvalue weighted by molar-refractivity contribution is 6.18. The van der Waals surface area contributed by atoms with Crippen molar-refractivity contribution in [3.05, 3.63) is 151 Å². The lowest BCUT2D eigenvalue weighted by Gasteiger charge is -2.65. The van der Waals surface area contributed by atoms with E-state index in [1.54, 1.807) is 24.3 Å². The first-order chi connectivity index (χ1) is 53.2. The molecule has 3 unspecified atom stereocenters. The van der Waals surface area contributed by atoms with Crippen LogP contribution in [0.2, 0.25) is 0 Å². The molecule has 6 aromatic rings. The highest BCUT2D eigenvalue weighted by Crippen LogP contribution is 2.75. The number of fused-ring (bicyclic) bond motifs is 6. The minimum atomic E-state index is -1.09. The third-order valence-corrected chi connectivity index (χ3v) is 34.0. The molecule has 1 aromatic heterocycles. The Labute approximate surface area is 650 Å². The molecule has 9 N–H and O–H groups in total. The van der Waals surface area contributed by atoms with E-state index in [9.17, 15) is 45.6 Å². The number of aliphatic hydroxyl groups is 4. The predicted octanol–water partition coefficient (Wildman–Crippen LogP) is 9.07. The Morgan fingerprint density at radius 3 is 1.31 bits per heavy atom. The molecule has 8 aliphatic heterocycles. The summed E-state index contributed by atoms with van der Waals surface area (Å²) in [4.78, 5) is 30.4. The number of nitrogens with zero attached hydrogens (tertiary/aromatic N) is 5. The number of aromatic hydroxyl groups is 4. The molecule has 578 valence electrons. The molecule has 8 bridgehead atoms. The van der Waals surface area contributed by atoms with Crippen LogP contribution in [0.15, 0.2) is 72.8 Å². The van der Waals surface area contributed by atoms with Gasteiger partial charge in [0.05, 0.1) is 55.5 Å². The lowest BCUT2D eigenvalue weighted by atomic mass is 9.44. The van der Waals surface area contributed by atoms with Crippen LogP contribution >= 0.6 is 23.2 Å². The number of hydrogen-bond donors (Lipinski definition) is 9. The number of rotatable bonds is 11. The number of aromatic nitrogens is 1. The topological polar surface area (TPSA) is 248 Å². The van der Waals surface area contributed by atoms with Crippen molar-refractivity contribution in [1.29, 1.82) is 0 Å². The monoisotopic (exact) mass is 1530 g/mol. The second kappa shape index (κ2) is 22.6. The van der Waals surface area contributed by atoms with Crippen molar-refractivity contribution in [1.82, 2.24) is 29.5 Å². The lowest BCUT2D eigenvalue weighted by Crippen LogP contribution is -2.79. The summed E-state index contributed by atoms with van der Waals surface area (Å²) in [6, 6.07) is 23.5. The number of carbonyl (C=O) groups excluding carboxylic acids is 1. The number of Topliss-reactive ketones (excluding diaryl/α,β-unsaturated/α-hetero) is 1. The van der Waals surface area contributed by atoms with Gasteiger partial charge in [-0.1, -0.05) is 48.5 Å². The van der Waals surface area contributed by atoms with Gasteiger partial charge >= 0.3 is 0 Å². The highest BCUT2D eigenvalue weighted by Gasteiger charge is 2.80. The Bertz CT molecular complexity index is 4830. The van der Waals surface area contributed by atoms with E-state index in [-0.39, 0.29) is 65.1 Å². The van der Waals surface area contributed by atoms with E-state index in [1.807, 2.05) is 18.2 Å². The molecule has 5 spiro atoms. The number of hydrogen-bond acceptors (Lipinski definition) is 18. The van der Waals surface area contributed by atoms with Gasteiger partial charge in [-0.2, -0.15) is 0 Å². The number of aromatic amines is 1. The summed E-state index contributed by atoms with van der Waals surface area (Å²) in [5.41, 5.74) is 7.91. The smallest absolute Gasteiger partial charge is 0.181 e. The number of nitrogens with one attached hydrogen (secondary N) is 1. The van der Waals surface area contributed by atoms with Crippen LogP contribution < -0.4 is 18.9 Å². The number of ether oxygens (including phenoxy) is 4. The fourth-order valence-corrected chi connectivity index (χ4v) is 29.1. The van der Waals surface area contributed by atoms with Crippen LogP contribution in [0.1, 0.15) is 174 Å². The summed E-state index contributed by atoms with van der Waals surface area (Å²) in [5.74, 6) is 6.07. The first-order valence-corrected chi connectivity index (χ1v) is 42.9. The highest BCUT2D eigenvalue weighted by atomic mass is 35.5. The van der Waals surface area contributed by atoms with Gasteiger partial charge in [0.1, 0.15) is 6.10 Å². The largest absolute Gasteiger partial charge is 0.504 e. The van der Waals surface area contributed by atoms with Crippen molar-refractivity contribution in [2.75, 3.05) is 77.7 Å². The first-order valence-electron chi connectivity index (χ1n) is 41.8. The Balaban J connectivity index is 0.000000101. The van der Waals surface area contributed by atoms with E-state index < -0.39 is 67.8 Å². The molecule has 12 aliphatic carbocycles. The predicted molar refractivity (Wildman–Crippen MR) is 409 cm³/mol. The number of halogens is 2. The molecule has 5 saturated carbocycles. The van der Waals surface area contributed by atoms with Gasteiger partial charge in [-0.25, -0.2) is 0 Å². The Morgan fingerprint density at radius 1 is 0.455 bits per heavy atom. The van der Waals surface area contributed by atoms with Gasteiger partial charge in [-0.3, -0.25) is 24.4 Å². The molecule has 9 heterocycles. The third kappa shape index (κ3) is 8.24. The number of phenolic OH excluding ortho intramolecular Hbond substituents is 4. The van der Waals surface area contributed by atoms with Gasteiger partial charge in [-0.05, 0) is 242 Å². The quantitative estimate of drug-likeness (QED) is 0.0549. The van der Waals surface area contributed by atoms with E-state index in [4.69, 9.17) is 42.1 Å². The van der Waals surface area contributed by atoms with Crippen molar-refractivity contribution in [3.63, 3.8) is 0 Å². The zero-order valence-electron chi connectivity index (χ0n) is 62.6. The number of piperidine rings is 4. The Morgan fingerprint density at radius 2 is 0.855 bits per heavy atom. The number of carbonyl (C=O) groups is 1.